The number of benzene rings is 1. The lowest BCUT2D eigenvalue weighted by atomic mass is 10.1. The maximum atomic E-state index is 11.1. The molecule has 3 rings (SSSR count). The monoisotopic (exact) mass is 280 g/mol. The highest BCUT2D eigenvalue weighted by molar-refractivity contribution is 7.85. The summed E-state index contributed by atoms with van der Waals surface area (Å²) in [6.45, 7) is 2.20. The molecule has 2 aromatic rings. The molecule has 0 saturated carbocycles. The van der Waals surface area contributed by atoms with Crippen LogP contribution in [0.5, 0.6) is 0 Å². The van der Waals surface area contributed by atoms with Gasteiger partial charge < -0.3 is 11.1 Å². The Hall–Kier alpha value is -2.06. The Morgan fingerprint density at radius 1 is 1.47 bits per heavy atom. The number of rotatable bonds is 1. The number of nitrogens with two attached hydrogens (primary N) is 1. The third kappa shape index (κ3) is 1.85. The number of anilines is 3. The van der Waals surface area contributed by atoms with Crippen molar-refractivity contribution in [2.45, 2.75) is 18.4 Å². The fourth-order valence-electron chi connectivity index (χ4n) is 2.11. The molecular weight excluding hydrogens is 268 g/mol. The largest absolute Gasteiger partial charge is 0.394 e. The van der Waals surface area contributed by atoms with Gasteiger partial charge in [0.1, 0.15) is 0 Å². The van der Waals surface area contributed by atoms with Crippen LogP contribution in [0.2, 0.25) is 0 Å². The summed E-state index contributed by atoms with van der Waals surface area (Å²) in [5.74, 6) is 0.699. The van der Waals surface area contributed by atoms with Crippen molar-refractivity contribution in [1.29, 1.82) is 0 Å². The molecule has 0 saturated heterocycles. The van der Waals surface area contributed by atoms with Crippen molar-refractivity contribution in [1.82, 2.24) is 9.78 Å². The van der Waals surface area contributed by atoms with Gasteiger partial charge in [-0.3, -0.25) is 4.55 Å². The molecule has 19 heavy (non-hydrogen) atoms. The number of nitrogen functional groups attached to an aromatic ring is 1. The van der Waals surface area contributed by atoms with Crippen molar-refractivity contribution in [2.24, 2.45) is 0 Å². The third-order valence-electron chi connectivity index (χ3n) is 3.12. The normalized spacial score (nSPS) is 13.6. The van der Waals surface area contributed by atoms with Gasteiger partial charge in [0.25, 0.3) is 10.1 Å². The Labute approximate surface area is 109 Å². The van der Waals surface area contributed by atoms with Crippen molar-refractivity contribution in [3.8, 4) is 0 Å². The highest BCUT2D eigenvalue weighted by atomic mass is 32.2. The van der Waals surface area contributed by atoms with E-state index in [1.54, 1.807) is 17.7 Å². The zero-order valence-electron chi connectivity index (χ0n) is 10.1. The number of hydrogen-bond donors (Lipinski definition) is 3. The van der Waals surface area contributed by atoms with Crippen molar-refractivity contribution in [3.05, 3.63) is 29.5 Å². The maximum Gasteiger partial charge on any atom is 0.294 e. The Morgan fingerprint density at radius 3 is 2.89 bits per heavy atom. The lowest BCUT2D eigenvalue weighted by Crippen LogP contribution is -2.15. The topological polar surface area (TPSA) is 110 Å². The number of nitrogens with one attached hydrogen (secondary N) is 1. The van der Waals surface area contributed by atoms with E-state index >= 15 is 0 Å². The average Bonchev–Trinajstić information content (AvgIpc) is 2.60. The molecule has 4 N–H and O–H groups in total. The SMILES string of the molecule is Cc1nn2c(c1N)Nc1ccc(S(=O)(=O)O)cc1C2. The standard InChI is InChI=1S/C11H12N4O3S/c1-6-10(12)11-13-9-3-2-8(19(16,17)18)4-7(9)5-15(11)14-6/h2-4,13H,5,12H2,1H3,(H,16,17,18). The number of fused-ring (bicyclic) bond motifs is 2. The van der Waals surface area contributed by atoms with Gasteiger partial charge in [-0.15, -0.1) is 0 Å². The summed E-state index contributed by atoms with van der Waals surface area (Å²) in [6, 6.07) is 4.37. The third-order valence-corrected chi connectivity index (χ3v) is 3.97. The number of hydrogen-bond acceptors (Lipinski definition) is 5. The van der Waals surface area contributed by atoms with E-state index < -0.39 is 10.1 Å². The first-order valence-corrected chi connectivity index (χ1v) is 7.00. The van der Waals surface area contributed by atoms with Crippen molar-refractivity contribution in [3.63, 3.8) is 0 Å². The smallest absolute Gasteiger partial charge is 0.294 e. The average molecular weight is 280 g/mol. The minimum atomic E-state index is -4.20. The quantitative estimate of drug-likeness (QED) is 0.576. The minimum Gasteiger partial charge on any atom is -0.394 e. The van der Waals surface area contributed by atoms with E-state index in [1.165, 1.54) is 12.1 Å². The van der Waals surface area contributed by atoms with E-state index in [0.717, 1.165) is 11.3 Å². The van der Waals surface area contributed by atoms with Crippen molar-refractivity contribution in [2.75, 3.05) is 11.1 Å². The minimum absolute atomic E-state index is 0.131. The van der Waals surface area contributed by atoms with Gasteiger partial charge >= 0.3 is 0 Å². The number of aromatic nitrogens is 2. The van der Waals surface area contributed by atoms with Crippen LogP contribution < -0.4 is 11.1 Å². The van der Waals surface area contributed by atoms with Crippen molar-refractivity contribution >= 4 is 27.3 Å². The molecule has 0 amide bonds. The summed E-state index contributed by atoms with van der Waals surface area (Å²) < 4.78 is 32.9. The summed E-state index contributed by atoms with van der Waals surface area (Å²) in [7, 11) is -4.20. The second-order valence-electron chi connectivity index (χ2n) is 4.42. The Kier molecular flexibility index (Phi) is 2.35. The molecule has 8 heteroatoms. The van der Waals surface area contributed by atoms with Crippen LogP contribution in [-0.2, 0) is 16.7 Å². The first-order chi connectivity index (χ1) is 8.86. The molecule has 0 unspecified atom stereocenters. The zero-order chi connectivity index (χ0) is 13.8. The van der Waals surface area contributed by atoms with Crippen LogP contribution in [0, 0.1) is 6.92 Å². The zero-order valence-corrected chi connectivity index (χ0v) is 10.9. The van der Waals surface area contributed by atoms with Crippen molar-refractivity contribution < 1.29 is 13.0 Å². The van der Waals surface area contributed by atoms with Crippen LogP contribution in [0.15, 0.2) is 23.1 Å². The fraction of sp³-hybridized carbons (Fsp3) is 0.182. The highest BCUT2D eigenvalue weighted by Crippen LogP contribution is 2.34. The molecule has 7 nitrogen and oxygen atoms in total. The van der Waals surface area contributed by atoms with Gasteiger partial charge in [0.2, 0.25) is 0 Å². The van der Waals surface area contributed by atoms with E-state index in [1.807, 2.05) is 0 Å². The van der Waals surface area contributed by atoms with Crippen LogP contribution in [0.4, 0.5) is 17.2 Å². The summed E-state index contributed by atoms with van der Waals surface area (Å²) in [5.41, 5.74) is 8.67. The summed E-state index contributed by atoms with van der Waals surface area (Å²) in [6.07, 6.45) is 0. The van der Waals surface area contributed by atoms with Crippen LogP contribution in [0.25, 0.3) is 0 Å². The molecule has 100 valence electrons. The van der Waals surface area contributed by atoms with Gasteiger partial charge in [0, 0.05) is 5.69 Å². The van der Waals surface area contributed by atoms with Gasteiger partial charge in [-0.25, -0.2) is 4.68 Å². The second-order valence-corrected chi connectivity index (χ2v) is 5.85. The maximum absolute atomic E-state index is 11.1. The lowest BCUT2D eigenvalue weighted by molar-refractivity contribution is 0.483. The summed E-state index contributed by atoms with van der Waals surface area (Å²) in [4.78, 5) is -0.131. The van der Waals surface area contributed by atoms with Crippen LogP contribution >= 0.6 is 0 Å². The van der Waals surface area contributed by atoms with E-state index in [-0.39, 0.29) is 4.90 Å². The van der Waals surface area contributed by atoms with Gasteiger partial charge in [-0.05, 0) is 30.7 Å². The molecule has 1 aromatic carbocycles. The molecule has 2 heterocycles. The van der Waals surface area contributed by atoms with E-state index in [4.69, 9.17) is 10.3 Å². The van der Waals surface area contributed by atoms with Gasteiger partial charge in [-0.1, -0.05) is 0 Å². The predicted molar refractivity (Wildman–Crippen MR) is 70.0 cm³/mol. The van der Waals surface area contributed by atoms with Gasteiger partial charge in [0.05, 0.1) is 22.8 Å². The Morgan fingerprint density at radius 2 is 2.21 bits per heavy atom. The van der Waals surface area contributed by atoms with E-state index in [2.05, 4.69) is 10.4 Å². The van der Waals surface area contributed by atoms with Crippen LogP contribution in [0.1, 0.15) is 11.3 Å². The number of aryl methyl sites for hydroxylation is 1. The lowest BCUT2D eigenvalue weighted by Gasteiger charge is -2.20. The fourth-order valence-corrected chi connectivity index (χ4v) is 2.65. The molecular formula is C11H12N4O3S. The molecule has 0 spiro atoms. The molecule has 0 atom stereocenters. The summed E-state index contributed by atoms with van der Waals surface area (Å²) in [5, 5.41) is 7.37. The Balaban J connectivity index is 2.10. The molecule has 1 aliphatic heterocycles. The number of nitrogens with zero attached hydrogens (tertiary/aromatic N) is 2. The second kappa shape index (κ2) is 3.72. The van der Waals surface area contributed by atoms with Crippen LogP contribution in [0.3, 0.4) is 0 Å². The first kappa shape index (κ1) is 12.0. The highest BCUT2D eigenvalue weighted by Gasteiger charge is 2.21. The molecule has 0 bridgehead atoms. The van der Waals surface area contributed by atoms with Gasteiger partial charge in [0.15, 0.2) is 5.82 Å². The molecule has 1 aliphatic rings. The van der Waals surface area contributed by atoms with E-state index in [9.17, 15) is 8.42 Å². The van der Waals surface area contributed by atoms with Crippen LogP contribution in [-0.4, -0.2) is 22.8 Å². The molecule has 0 fully saturated rings. The van der Waals surface area contributed by atoms with E-state index in [0.29, 0.717) is 23.7 Å². The molecule has 0 aliphatic carbocycles. The van der Waals surface area contributed by atoms with Gasteiger partial charge in [-0.2, -0.15) is 13.5 Å². The predicted octanol–water partition coefficient (Wildman–Crippen LogP) is 1.13. The molecule has 0 radical (unpaired) electrons. The first-order valence-electron chi connectivity index (χ1n) is 5.56. The Bertz CT molecular complexity index is 779. The summed E-state index contributed by atoms with van der Waals surface area (Å²) >= 11 is 0. The molecule has 1 aromatic heterocycles.